The summed E-state index contributed by atoms with van der Waals surface area (Å²) in [7, 11) is -0.220. The lowest BCUT2D eigenvalue weighted by Gasteiger charge is -2.17. The molecule has 0 amide bonds. The van der Waals surface area contributed by atoms with Crippen LogP contribution in [0.5, 0.6) is 0 Å². The molecule has 0 unspecified atom stereocenters. The molecule has 2 saturated heterocycles. The van der Waals surface area contributed by atoms with Crippen molar-refractivity contribution < 1.29 is 4.35 Å². The van der Waals surface area contributed by atoms with Crippen LogP contribution in [0.15, 0.2) is 30.3 Å². The maximum absolute atomic E-state index is 3.57. The smallest absolute Gasteiger partial charge is 0.270 e. The number of nitrogens with one attached hydrogen (secondary N) is 1. The van der Waals surface area contributed by atoms with Crippen LogP contribution >= 0.6 is 8.37 Å². The lowest BCUT2D eigenvalue weighted by Crippen LogP contribution is -2.24. The van der Waals surface area contributed by atoms with Gasteiger partial charge in [0, 0.05) is 26.2 Å². The summed E-state index contributed by atoms with van der Waals surface area (Å²) < 4.78 is 7.82. The molecule has 1 aromatic carbocycles. The van der Waals surface area contributed by atoms with Gasteiger partial charge < -0.3 is 0 Å². The maximum Gasteiger partial charge on any atom is 0.281 e. The molecule has 5 heteroatoms. The van der Waals surface area contributed by atoms with E-state index in [1.807, 2.05) is 0 Å². The monoisotopic (exact) mass is 261 g/mol. The summed E-state index contributed by atoms with van der Waals surface area (Å²) in [6.45, 7) is 7.33. The Balaban J connectivity index is 1.71. The van der Waals surface area contributed by atoms with Crippen LogP contribution in [0.3, 0.4) is 0 Å². The first kappa shape index (κ1) is 10.9. The average Bonchev–Trinajstić information content (AvgIpc) is 3.32. The van der Waals surface area contributed by atoms with E-state index in [0.29, 0.717) is 0 Å². The fourth-order valence-corrected chi connectivity index (χ4v) is 4.95. The van der Waals surface area contributed by atoms with Crippen molar-refractivity contribution in [2.24, 2.45) is 0 Å². The zero-order valence-corrected chi connectivity index (χ0v) is 11.3. The number of nitrogens with zero attached hydrogens (tertiary/aromatic N) is 3. The summed E-state index contributed by atoms with van der Waals surface area (Å²) in [5.41, 5.74) is 1.33. The standard InChI is InChI=1S/C13H17N4P/c1-2-4-12(5-3-1)13-14-6-7-17(13)18(15-8-9-15)16-10-11-16/h1-5H,6-11H2/p+1. The third kappa shape index (κ3) is 1.95. The van der Waals surface area contributed by atoms with E-state index < -0.39 is 0 Å². The van der Waals surface area contributed by atoms with Gasteiger partial charge in [-0.25, -0.2) is 13.7 Å². The quantitative estimate of drug-likeness (QED) is 0.643. The highest BCUT2D eigenvalue weighted by Gasteiger charge is 2.46. The zero-order chi connectivity index (χ0) is 11.9. The van der Waals surface area contributed by atoms with Gasteiger partial charge in [-0.1, -0.05) is 18.2 Å². The molecule has 3 heterocycles. The first-order valence-corrected chi connectivity index (χ1v) is 7.87. The molecule has 0 spiro atoms. The normalized spacial score (nSPS) is 23.6. The first-order chi connectivity index (χ1) is 8.93. The Morgan fingerprint density at radius 2 is 1.67 bits per heavy atom. The topological polar surface area (TPSA) is 21.1 Å². The van der Waals surface area contributed by atoms with Crippen LogP contribution in [0.1, 0.15) is 5.56 Å². The minimum Gasteiger partial charge on any atom is -0.270 e. The van der Waals surface area contributed by atoms with Crippen molar-refractivity contribution in [3.63, 3.8) is 0 Å². The zero-order valence-electron chi connectivity index (χ0n) is 10.4. The second kappa shape index (κ2) is 4.30. The van der Waals surface area contributed by atoms with Crippen LogP contribution in [0.25, 0.3) is 0 Å². The SMILES string of the molecule is c1ccc(C2=[N+](P(N3CC3)N3CC3)CCN2)cc1. The van der Waals surface area contributed by atoms with Gasteiger partial charge in [-0.3, -0.25) is 5.32 Å². The van der Waals surface area contributed by atoms with Crippen molar-refractivity contribution in [2.75, 3.05) is 39.3 Å². The third-order valence-corrected chi connectivity index (χ3v) is 6.13. The molecule has 94 valence electrons. The van der Waals surface area contributed by atoms with Gasteiger partial charge in [-0.2, -0.15) is 0 Å². The van der Waals surface area contributed by atoms with Gasteiger partial charge in [0.1, 0.15) is 13.1 Å². The summed E-state index contributed by atoms with van der Waals surface area (Å²) in [4.78, 5) is 0. The highest BCUT2D eigenvalue weighted by Crippen LogP contribution is 2.53. The Hall–Kier alpha value is -0.960. The molecule has 0 atom stereocenters. The van der Waals surface area contributed by atoms with Gasteiger partial charge in [0.25, 0.3) is 14.2 Å². The molecule has 2 fully saturated rings. The first-order valence-electron chi connectivity index (χ1n) is 6.67. The Morgan fingerprint density at radius 3 is 2.28 bits per heavy atom. The second-order valence-corrected chi connectivity index (χ2v) is 7.09. The van der Waals surface area contributed by atoms with Gasteiger partial charge in [0.15, 0.2) is 0 Å². The highest BCUT2D eigenvalue weighted by atomic mass is 31.2. The lowest BCUT2D eigenvalue weighted by molar-refractivity contribution is -0.360. The summed E-state index contributed by atoms with van der Waals surface area (Å²) >= 11 is 0. The summed E-state index contributed by atoms with van der Waals surface area (Å²) in [6, 6.07) is 10.7. The summed E-state index contributed by atoms with van der Waals surface area (Å²) in [6.07, 6.45) is 0. The molecule has 3 aliphatic heterocycles. The Bertz CT molecular complexity index is 467. The van der Waals surface area contributed by atoms with Gasteiger partial charge in [0.05, 0.1) is 5.56 Å². The second-order valence-electron chi connectivity index (χ2n) is 4.94. The van der Waals surface area contributed by atoms with Crippen molar-refractivity contribution >= 4 is 14.2 Å². The van der Waals surface area contributed by atoms with Crippen molar-refractivity contribution in [3.05, 3.63) is 35.9 Å². The van der Waals surface area contributed by atoms with Crippen molar-refractivity contribution in [1.29, 1.82) is 0 Å². The maximum atomic E-state index is 3.57. The largest absolute Gasteiger partial charge is 0.281 e. The van der Waals surface area contributed by atoms with Crippen molar-refractivity contribution in [1.82, 2.24) is 14.7 Å². The third-order valence-electron chi connectivity index (χ3n) is 3.49. The Kier molecular flexibility index (Phi) is 2.61. The van der Waals surface area contributed by atoms with Gasteiger partial charge in [-0.05, 0) is 12.1 Å². The number of benzene rings is 1. The average molecular weight is 261 g/mol. The molecule has 1 aromatic rings. The fourth-order valence-electron chi connectivity index (χ4n) is 2.44. The van der Waals surface area contributed by atoms with E-state index in [0.717, 1.165) is 13.1 Å². The van der Waals surface area contributed by atoms with E-state index in [-0.39, 0.29) is 8.37 Å². The van der Waals surface area contributed by atoms with Crippen LogP contribution in [0, 0.1) is 0 Å². The van der Waals surface area contributed by atoms with E-state index in [9.17, 15) is 0 Å². The molecule has 1 N–H and O–H groups in total. The Morgan fingerprint density at radius 1 is 1.00 bits per heavy atom. The van der Waals surface area contributed by atoms with Crippen LogP contribution in [0.4, 0.5) is 0 Å². The van der Waals surface area contributed by atoms with E-state index >= 15 is 0 Å². The lowest BCUT2D eigenvalue weighted by atomic mass is 10.2. The summed E-state index contributed by atoms with van der Waals surface area (Å²) in [5, 5.41) is 3.57. The molecule has 0 radical (unpaired) electrons. The van der Waals surface area contributed by atoms with Crippen molar-refractivity contribution in [3.8, 4) is 0 Å². The minimum atomic E-state index is -0.220. The molecule has 3 aliphatic rings. The predicted octanol–water partition coefficient (Wildman–Crippen LogP) is 0.907. The highest BCUT2D eigenvalue weighted by molar-refractivity contribution is 7.46. The number of rotatable bonds is 4. The van der Waals surface area contributed by atoms with Crippen molar-refractivity contribution in [2.45, 2.75) is 0 Å². The molecular formula is C13H18N4P+. The van der Waals surface area contributed by atoms with Gasteiger partial charge in [-0.15, -0.1) is 0 Å². The van der Waals surface area contributed by atoms with Gasteiger partial charge >= 0.3 is 0 Å². The van der Waals surface area contributed by atoms with E-state index in [1.54, 1.807) is 0 Å². The molecule has 0 aromatic heterocycles. The van der Waals surface area contributed by atoms with Crippen LogP contribution in [0.2, 0.25) is 0 Å². The fraction of sp³-hybridized carbons (Fsp3) is 0.462. The molecule has 4 nitrogen and oxygen atoms in total. The van der Waals surface area contributed by atoms with E-state index in [1.165, 1.54) is 37.6 Å². The van der Waals surface area contributed by atoms with Gasteiger partial charge in [0.2, 0.25) is 0 Å². The van der Waals surface area contributed by atoms with Crippen LogP contribution in [-0.4, -0.2) is 58.8 Å². The number of hydrogen-bond donors (Lipinski definition) is 1. The van der Waals surface area contributed by atoms with E-state index in [2.05, 4.69) is 49.3 Å². The molecule has 0 saturated carbocycles. The predicted molar refractivity (Wildman–Crippen MR) is 73.7 cm³/mol. The molecule has 4 rings (SSSR count). The van der Waals surface area contributed by atoms with Crippen LogP contribution < -0.4 is 5.32 Å². The van der Waals surface area contributed by atoms with E-state index in [4.69, 9.17) is 0 Å². The van der Waals surface area contributed by atoms with Crippen LogP contribution in [-0.2, 0) is 0 Å². The molecule has 0 bridgehead atoms. The number of amidine groups is 1. The Labute approximate surface area is 109 Å². The molecule has 0 aliphatic carbocycles. The minimum absolute atomic E-state index is 0.220. The summed E-state index contributed by atoms with van der Waals surface area (Å²) in [5.74, 6) is 1.33. The number of hydrogen-bond acceptors (Lipinski definition) is 3. The molecular weight excluding hydrogens is 243 g/mol. The molecule has 18 heavy (non-hydrogen) atoms.